The van der Waals surface area contributed by atoms with Crippen LogP contribution in [0.15, 0.2) is 22.1 Å². The van der Waals surface area contributed by atoms with Gasteiger partial charge >= 0.3 is 0 Å². The number of halogens is 1. The number of rotatable bonds is 6. The van der Waals surface area contributed by atoms with Gasteiger partial charge in [0, 0.05) is 22.1 Å². The zero-order valence-electron chi connectivity index (χ0n) is 10.7. The maximum atomic E-state index is 4.53. The lowest BCUT2D eigenvalue weighted by Crippen LogP contribution is -2.08. The molecule has 1 N–H and O–H groups in total. The fourth-order valence-corrected chi connectivity index (χ4v) is 3.25. The first-order valence-electron chi connectivity index (χ1n) is 6.20. The van der Waals surface area contributed by atoms with Crippen LogP contribution in [0.25, 0.3) is 0 Å². The topological polar surface area (TPSA) is 29.9 Å². The first kappa shape index (κ1) is 13.6. The molecule has 2 aromatic rings. The van der Waals surface area contributed by atoms with E-state index in [4.69, 9.17) is 0 Å². The minimum Gasteiger partial charge on any atom is -0.356 e. The van der Waals surface area contributed by atoms with Crippen molar-refractivity contribution >= 4 is 33.2 Å². The SMILES string of the molecule is CCCCNc1nc(C)cn1Cc1sccc1Br. The first-order valence-corrected chi connectivity index (χ1v) is 7.87. The van der Waals surface area contributed by atoms with Gasteiger partial charge in [-0.05, 0) is 40.7 Å². The van der Waals surface area contributed by atoms with Gasteiger partial charge in [-0.2, -0.15) is 0 Å². The van der Waals surface area contributed by atoms with Crippen LogP contribution in [0.4, 0.5) is 5.95 Å². The highest BCUT2D eigenvalue weighted by atomic mass is 79.9. The van der Waals surface area contributed by atoms with Crippen LogP contribution >= 0.6 is 27.3 Å². The Morgan fingerprint density at radius 3 is 3.00 bits per heavy atom. The molecule has 0 unspecified atom stereocenters. The summed E-state index contributed by atoms with van der Waals surface area (Å²) < 4.78 is 3.36. The number of aryl methyl sites for hydroxylation is 1. The molecule has 0 saturated heterocycles. The van der Waals surface area contributed by atoms with Crippen molar-refractivity contribution in [1.29, 1.82) is 0 Å². The second kappa shape index (κ2) is 6.38. The van der Waals surface area contributed by atoms with Crippen LogP contribution in [0, 0.1) is 6.92 Å². The maximum Gasteiger partial charge on any atom is 0.203 e. The van der Waals surface area contributed by atoms with Gasteiger partial charge in [0.05, 0.1) is 12.2 Å². The van der Waals surface area contributed by atoms with Crippen LogP contribution in [-0.4, -0.2) is 16.1 Å². The van der Waals surface area contributed by atoms with Crippen molar-refractivity contribution in [1.82, 2.24) is 9.55 Å². The zero-order chi connectivity index (χ0) is 13.0. The fourth-order valence-electron chi connectivity index (χ4n) is 1.78. The van der Waals surface area contributed by atoms with Gasteiger partial charge in [0.2, 0.25) is 5.95 Å². The highest BCUT2D eigenvalue weighted by Crippen LogP contribution is 2.24. The number of hydrogen-bond donors (Lipinski definition) is 1. The van der Waals surface area contributed by atoms with Crippen LogP contribution in [-0.2, 0) is 6.54 Å². The molecule has 0 bridgehead atoms. The molecule has 0 fully saturated rings. The van der Waals surface area contributed by atoms with Gasteiger partial charge in [0.1, 0.15) is 0 Å². The molecule has 0 atom stereocenters. The van der Waals surface area contributed by atoms with E-state index in [1.165, 1.54) is 22.2 Å². The Morgan fingerprint density at radius 2 is 2.33 bits per heavy atom. The summed E-state index contributed by atoms with van der Waals surface area (Å²) in [7, 11) is 0. The summed E-state index contributed by atoms with van der Waals surface area (Å²) in [6.45, 7) is 6.08. The largest absolute Gasteiger partial charge is 0.356 e. The van der Waals surface area contributed by atoms with Crippen LogP contribution in [0.2, 0.25) is 0 Å². The maximum absolute atomic E-state index is 4.53. The third-order valence-corrected chi connectivity index (χ3v) is 4.63. The van der Waals surface area contributed by atoms with Crippen LogP contribution in [0.3, 0.4) is 0 Å². The minimum absolute atomic E-state index is 0.869. The van der Waals surface area contributed by atoms with E-state index in [1.54, 1.807) is 11.3 Å². The summed E-state index contributed by atoms with van der Waals surface area (Å²) in [6.07, 6.45) is 4.47. The summed E-state index contributed by atoms with van der Waals surface area (Å²) in [5, 5.41) is 5.51. The number of nitrogens with one attached hydrogen (secondary N) is 1. The monoisotopic (exact) mass is 327 g/mol. The molecule has 0 aliphatic heterocycles. The Labute approximate surface area is 120 Å². The molecule has 2 rings (SSSR count). The van der Waals surface area contributed by atoms with E-state index in [9.17, 15) is 0 Å². The molecule has 5 heteroatoms. The van der Waals surface area contributed by atoms with Crippen molar-refractivity contribution in [3.8, 4) is 0 Å². The lowest BCUT2D eigenvalue weighted by Gasteiger charge is -2.08. The Bertz CT molecular complexity index is 504. The van der Waals surface area contributed by atoms with Gasteiger partial charge in [0.15, 0.2) is 0 Å². The number of thiophene rings is 1. The quantitative estimate of drug-likeness (QED) is 0.802. The number of hydrogen-bond acceptors (Lipinski definition) is 3. The van der Waals surface area contributed by atoms with Gasteiger partial charge in [-0.15, -0.1) is 11.3 Å². The van der Waals surface area contributed by atoms with Gasteiger partial charge in [-0.1, -0.05) is 13.3 Å². The average molecular weight is 328 g/mol. The number of anilines is 1. The summed E-state index contributed by atoms with van der Waals surface area (Å²) in [5.41, 5.74) is 1.06. The van der Waals surface area contributed by atoms with E-state index in [2.05, 4.69) is 55.4 Å². The van der Waals surface area contributed by atoms with Crippen molar-refractivity contribution in [2.45, 2.75) is 33.2 Å². The third kappa shape index (κ3) is 3.36. The Morgan fingerprint density at radius 1 is 1.50 bits per heavy atom. The van der Waals surface area contributed by atoms with E-state index in [0.29, 0.717) is 0 Å². The second-order valence-electron chi connectivity index (χ2n) is 4.31. The Hall–Kier alpha value is -0.810. The number of nitrogens with zero attached hydrogens (tertiary/aromatic N) is 2. The molecule has 0 saturated carbocycles. The van der Waals surface area contributed by atoms with Crippen LogP contribution in [0.5, 0.6) is 0 Å². The summed E-state index contributed by atoms with van der Waals surface area (Å²) in [6, 6.07) is 2.09. The molecular weight excluding hydrogens is 310 g/mol. The predicted molar refractivity (Wildman–Crippen MR) is 81.5 cm³/mol. The normalized spacial score (nSPS) is 10.8. The lowest BCUT2D eigenvalue weighted by atomic mass is 10.3. The van der Waals surface area contributed by atoms with Crippen molar-refractivity contribution < 1.29 is 0 Å². The Kier molecular flexibility index (Phi) is 4.83. The van der Waals surface area contributed by atoms with E-state index in [0.717, 1.165) is 24.7 Å². The average Bonchev–Trinajstić information content (AvgIpc) is 2.88. The minimum atomic E-state index is 0.869. The molecule has 3 nitrogen and oxygen atoms in total. The van der Waals surface area contributed by atoms with E-state index in [-0.39, 0.29) is 0 Å². The zero-order valence-corrected chi connectivity index (χ0v) is 13.1. The van der Waals surface area contributed by atoms with Gasteiger partial charge in [0.25, 0.3) is 0 Å². The molecule has 0 aliphatic carbocycles. The molecule has 98 valence electrons. The number of unbranched alkanes of at least 4 members (excludes halogenated alkanes) is 1. The standard InChI is InChI=1S/C13H18BrN3S/c1-3-4-6-15-13-16-10(2)8-17(13)9-12-11(14)5-7-18-12/h5,7-8H,3-4,6,9H2,1-2H3,(H,15,16). The molecule has 0 radical (unpaired) electrons. The summed E-state index contributed by atoms with van der Waals surface area (Å²) >= 11 is 5.34. The summed E-state index contributed by atoms with van der Waals surface area (Å²) in [5.74, 6) is 0.973. The predicted octanol–water partition coefficient (Wildman–Crippen LogP) is 4.28. The molecule has 0 amide bonds. The molecule has 0 aromatic carbocycles. The third-order valence-electron chi connectivity index (χ3n) is 2.72. The Balaban J connectivity index is 2.09. The first-order chi connectivity index (χ1) is 8.70. The van der Waals surface area contributed by atoms with Gasteiger partial charge in [-0.3, -0.25) is 0 Å². The van der Waals surface area contributed by atoms with Crippen molar-refractivity contribution in [3.63, 3.8) is 0 Å². The summed E-state index contributed by atoms with van der Waals surface area (Å²) in [4.78, 5) is 5.86. The van der Waals surface area contributed by atoms with Crippen molar-refractivity contribution in [3.05, 3.63) is 32.7 Å². The van der Waals surface area contributed by atoms with Crippen molar-refractivity contribution in [2.75, 3.05) is 11.9 Å². The van der Waals surface area contributed by atoms with E-state index >= 15 is 0 Å². The van der Waals surface area contributed by atoms with E-state index in [1.807, 2.05) is 6.92 Å². The van der Waals surface area contributed by atoms with Gasteiger partial charge in [-0.25, -0.2) is 4.98 Å². The lowest BCUT2D eigenvalue weighted by molar-refractivity contribution is 0.781. The highest BCUT2D eigenvalue weighted by Gasteiger charge is 2.08. The molecule has 0 spiro atoms. The van der Waals surface area contributed by atoms with Crippen molar-refractivity contribution in [2.24, 2.45) is 0 Å². The van der Waals surface area contributed by atoms with E-state index < -0.39 is 0 Å². The molecular formula is C13H18BrN3S. The highest BCUT2D eigenvalue weighted by molar-refractivity contribution is 9.10. The fraction of sp³-hybridized carbons (Fsp3) is 0.462. The number of aromatic nitrogens is 2. The molecule has 2 aromatic heterocycles. The molecule has 2 heterocycles. The smallest absolute Gasteiger partial charge is 0.203 e. The molecule has 18 heavy (non-hydrogen) atoms. The van der Waals surface area contributed by atoms with Gasteiger partial charge < -0.3 is 9.88 Å². The molecule has 0 aliphatic rings. The van der Waals surface area contributed by atoms with Crippen LogP contribution in [0.1, 0.15) is 30.3 Å². The van der Waals surface area contributed by atoms with Crippen LogP contribution < -0.4 is 5.32 Å². The number of imidazole rings is 1. The second-order valence-corrected chi connectivity index (χ2v) is 6.16.